The van der Waals surface area contributed by atoms with E-state index in [4.69, 9.17) is 0 Å². The van der Waals surface area contributed by atoms with E-state index in [0.29, 0.717) is 0 Å². The van der Waals surface area contributed by atoms with Crippen LogP contribution in [-0.4, -0.2) is 0 Å². The summed E-state index contributed by atoms with van der Waals surface area (Å²) in [5.74, 6) is 0.884. The molecule has 0 saturated carbocycles. The Bertz CT molecular complexity index is 92.2. The fourth-order valence-electron chi connectivity index (χ4n) is 1.87. The van der Waals surface area contributed by atoms with Crippen molar-refractivity contribution in [3.63, 3.8) is 0 Å². The Morgan fingerprint density at radius 2 is 1.43 bits per heavy atom. The molecule has 0 aromatic rings. The molecule has 0 aromatic heterocycles. The predicted octanol–water partition coefficient (Wildman–Crippen LogP) is 5.19. The highest BCUT2D eigenvalue weighted by molar-refractivity contribution is 4.58. The van der Waals surface area contributed by atoms with Crippen LogP contribution in [0.5, 0.6) is 0 Å². The van der Waals surface area contributed by atoms with Crippen molar-refractivity contribution < 1.29 is 0 Å². The molecule has 0 amide bonds. The van der Waals surface area contributed by atoms with Crippen LogP contribution >= 0.6 is 0 Å². The molecule has 1 unspecified atom stereocenters. The van der Waals surface area contributed by atoms with Crippen LogP contribution in [0.3, 0.4) is 0 Å². The zero-order chi connectivity index (χ0) is 10.6. The lowest BCUT2D eigenvalue weighted by Gasteiger charge is -2.11. The Hall–Kier alpha value is 0. The Kier molecular flexibility index (Phi) is 11.1. The monoisotopic (exact) mass is 196 g/mol. The lowest BCUT2D eigenvalue weighted by atomic mass is 9.96. The molecule has 0 nitrogen and oxygen atoms in total. The van der Waals surface area contributed by atoms with E-state index < -0.39 is 0 Å². The summed E-state index contributed by atoms with van der Waals surface area (Å²) in [6.45, 7) is 10.1. The number of unbranched alkanes of at least 4 members (excludes halogenated alkanes) is 6. The van der Waals surface area contributed by atoms with Crippen LogP contribution in [0.15, 0.2) is 0 Å². The Morgan fingerprint density at radius 3 is 1.93 bits per heavy atom. The second kappa shape index (κ2) is 11.1. The molecule has 0 saturated heterocycles. The van der Waals surface area contributed by atoms with Gasteiger partial charge in [0.2, 0.25) is 0 Å². The van der Waals surface area contributed by atoms with Gasteiger partial charge in [-0.2, -0.15) is 0 Å². The maximum absolute atomic E-state index is 3.99. The molecule has 0 fully saturated rings. The third-order valence-corrected chi connectivity index (χ3v) is 3.10. The fourth-order valence-corrected chi connectivity index (χ4v) is 1.87. The number of hydrogen-bond donors (Lipinski definition) is 0. The first-order valence-corrected chi connectivity index (χ1v) is 6.43. The van der Waals surface area contributed by atoms with Crippen molar-refractivity contribution in [2.75, 3.05) is 0 Å². The molecule has 0 spiro atoms. The SMILES string of the molecule is [CH2]CCCCCCCCC(C[CH2])CC. The van der Waals surface area contributed by atoms with Crippen molar-refractivity contribution in [2.45, 2.75) is 71.1 Å². The van der Waals surface area contributed by atoms with Crippen LogP contribution in [0, 0.1) is 19.8 Å². The Balaban J connectivity index is 3.04. The van der Waals surface area contributed by atoms with Gasteiger partial charge in [-0.25, -0.2) is 0 Å². The summed E-state index contributed by atoms with van der Waals surface area (Å²) in [4.78, 5) is 0. The maximum atomic E-state index is 3.99. The molecule has 0 aliphatic carbocycles. The summed E-state index contributed by atoms with van der Waals surface area (Å²) in [7, 11) is 0. The van der Waals surface area contributed by atoms with E-state index in [1.165, 1.54) is 51.4 Å². The highest BCUT2D eigenvalue weighted by Gasteiger charge is 2.01. The molecular weight excluding hydrogens is 168 g/mol. The van der Waals surface area contributed by atoms with Gasteiger partial charge in [0.15, 0.2) is 0 Å². The third kappa shape index (κ3) is 8.59. The normalized spacial score (nSPS) is 11.1. The number of hydrogen-bond acceptors (Lipinski definition) is 0. The van der Waals surface area contributed by atoms with Crippen molar-refractivity contribution >= 4 is 0 Å². The van der Waals surface area contributed by atoms with Crippen LogP contribution < -0.4 is 0 Å². The van der Waals surface area contributed by atoms with E-state index >= 15 is 0 Å². The highest BCUT2D eigenvalue weighted by atomic mass is 14.1. The first-order valence-electron chi connectivity index (χ1n) is 6.43. The van der Waals surface area contributed by atoms with Gasteiger partial charge >= 0.3 is 0 Å². The maximum Gasteiger partial charge on any atom is -0.0417 e. The van der Waals surface area contributed by atoms with Crippen molar-refractivity contribution in [1.29, 1.82) is 0 Å². The Labute approximate surface area is 91.5 Å². The summed E-state index contributed by atoms with van der Waals surface area (Å²) in [6, 6.07) is 0. The van der Waals surface area contributed by atoms with Crippen LogP contribution in [0.1, 0.15) is 71.1 Å². The van der Waals surface area contributed by atoms with E-state index in [1.807, 2.05) is 0 Å². The van der Waals surface area contributed by atoms with E-state index in [-0.39, 0.29) is 0 Å². The Morgan fingerprint density at radius 1 is 0.857 bits per heavy atom. The molecule has 0 rings (SSSR count). The van der Waals surface area contributed by atoms with Gasteiger partial charge in [0, 0.05) is 0 Å². The molecule has 0 bridgehead atoms. The van der Waals surface area contributed by atoms with Crippen molar-refractivity contribution in [3.8, 4) is 0 Å². The van der Waals surface area contributed by atoms with Gasteiger partial charge in [0.05, 0.1) is 0 Å². The van der Waals surface area contributed by atoms with Gasteiger partial charge in [-0.05, 0) is 5.92 Å². The minimum absolute atomic E-state index is 0.884. The second-order valence-electron chi connectivity index (χ2n) is 4.33. The first-order chi connectivity index (χ1) is 6.85. The molecule has 0 aliphatic heterocycles. The highest BCUT2D eigenvalue weighted by Crippen LogP contribution is 2.17. The van der Waals surface area contributed by atoms with Gasteiger partial charge in [-0.1, -0.05) is 85.0 Å². The van der Waals surface area contributed by atoms with Gasteiger partial charge < -0.3 is 0 Å². The molecule has 84 valence electrons. The minimum atomic E-state index is 0.884. The van der Waals surface area contributed by atoms with Gasteiger partial charge in [-0.15, -0.1) is 0 Å². The minimum Gasteiger partial charge on any atom is -0.0651 e. The zero-order valence-corrected chi connectivity index (χ0v) is 10.1. The van der Waals surface area contributed by atoms with Crippen LogP contribution in [0.25, 0.3) is 0 Å². The van der Waals surface area contributed by atoms with E-state index in [1.54, 1.807) is 0 Å². The third-order valence-electron chi connectivity index (χ3n) is 3.10. The van der Waals surface area contributed by atoms with Gasteiger partial charge in [0.25, 0.3) is 0 Å². The predicted molar refractivity (Wildman–Crippen MR) is 66.0 cm³/mol. The van der Waals surface area contributed by atoms with Crippen molar-refractivity contribution in [3.05, 3.63) is 13.8 Å². The van der Waals surface area contributed by atoms with Gasteiger partial charge in [-0.3, -0.25) is 0 Å². The molecular formula is C14H28. The van der Waals surface area contributed by atoms with E-state index in [0.717, 1.165) is 18.8 Å². The molecule has 0 aromatic carbocycles. The number of rotatable bonds is 10. The molecule has 14 heavy (non-hydrogen) atoms. The summed E-state index contributed by atoms with van der Waals surface area (Å²) >= 11 is 0. The largest absolute Gasteiger partial charge is 0.0651 e. The first kappa shape index (κ1) is 14.0. The molecule has 0 aliphatic rings. The average molecular weight is 196 g/mol. The molecule has 0 N–H and O–H groups in total. The quantitative estimate of drug-likeness (QED) is 0.422. The molecule has 2 radical (unpaired) electrons. The van der Waals surface area contributed by atoms with Crippen LogP contribution in [0.4, 0.5) is 0 Å². The standard InChI is InChI=1S/C14H28/c1-4-7-8-9-10-11-12-13-14(5-2)6-3/h14H,1-2,4-13H2,3H3. The van der Waals surface area contributed by atoms with Crippen molar-refractivity contribution in [1.82, 2.24) is 0 Å². The topological polar surface area (TPSA) is 0 Å². The zero-order valence-electron chi connectivity index (χ0n) is 10.1. The second-order valence-corrected chi connectivity index (χ2v) is 4.33. The van der Waals surface area contributed by atoms with Gasteiger partial charge in [0.1, 0.15) is 0 Å². The lowest BCUT2D eigenvalue weighted by molar-refractivity contribution is 0.441. The molecule has 0 heterocycles. The van der Waals surface area contributed by atoms with Crippen LogP contribution in [0.2, 0.25) is 0 Å². The van der Waals surface area contributed by atoms with E-state index in [2.05, 4.69) is 20.8 Å². The van der Waals surface area contributed by atoms with E-state index in [9.17, 15) is 0 Å². The molecule has 1 atom stereocenters. The summed E-state index contributed by atoms with van der Waals surface area (Å²) < 4.78 is 0. The molecule has 0 heteroatoms. The fraction of sp³-hybridized carbons (Fsp3) is 0.857. The average Bonchev–Trinajstić information content (AvgIpc) is 2.22. The van der Waals surface area contributed by atoms with Crippen molar-refractivity contribution in [2.24, 2.45) is 5.92 Å². The van der Waals surface area contributed by atoms with Crippen LogP contribution in [-0.2, 0) is 0 Å². The lowest BCUT2D eigenvalue weighted by Crippen LogP contribution is -1.96. The summed E-state index contributed by atoms with van der Waals surface area (Å²) in [5.41, 5.74) is 0. The smallest absolute Gasteiger partial charge is 0.0417 e. The summed E-state index contributed by atoms with van der Waals surface area (Å²) in [6.07, 6.45) is 13.3. The summed E-state index contributed by atoms with van der Waals surface area (Å²) in [5, 5.41) is 0.